The molecule has 0 spiro atoms. The van der Waals surface area contributed by atoms with Crippen LogP contribution in [0.1, 0.15) is 23.0 Å². The van der Waals surface area contributed by atoms with Crippen LogP contribution in [0, 0.1) is 0 Å². The highest BCUT2D eigenvalue weighted by atomic mass is 16.1. The van der Waals surface area contributed by atoms with E-state index in [2.05, 4.69) is 15.6 Å². The minimum absolute atomic E-state index is 0.0428. The maximum Gasteiger partial charge on any atom is 0.251 e. The van der Waals surface area contributed by atoms with Crippen molar-refractivity contribution in [2.75, 3.05) is 11.9 Å². The molecule has 4 nitrogen and oxygen atoms in total. The summed E-state index contributed by atoms with van der Waals surface area (Å²) in [5.41, 5.74) is 2.62. The van der Waals surface area contributed by atoms with E-state index in [0.717, 1.165) is 11.4 Å². The Morgan fingerprint density at radius 1 is 1.16 bits per heavy atom. The van der Waals surface area contributed by atoms with E-state index in [0.29, 0.717) is 18.7 Å². The number of pyridine rings is 1. The minimum atomic E-state index is -0.0428. The zero-order chi connectivity index (χ0) is 13.5. The van der Waals surface area contributed by atoms with Gasteiger partial charge in [-0.25, -0.2) is 0 Å². The van der Waals surface area contributed by atoms with Crippen LogP contribution in [-0.4, -0.2) is 17.4 Å². The van der Waals surface area contributed by atoms with Crippen LogP contribution in [0.5, 0.6) is 0 Å². The van der Waals surface area contributed by atoms with Crippen LogP contribution in [0.25, 0.3) is 0 Å². The molecule has 19 heavy (non-hydrogen) atoms. The summed E-state index contributed by atoms with van der Waals surface area (Å²) in [5.74, 6) is -0.0428. The van der Waals surface area contributed by atoms with E-state index in [1.807, 2.05) is 49.4 Å². The monoisotopic (exact) mass is 255 g/mol. The molecule has 0 aliphatic rings. The number of benzene rings is 1. The Hall–Kier alpha value is -2.36. The number of nitrogens with zero attached hydrogens (tertiary/aromatic N) is 1. The van der Waals surface area contributed by atoms with Crippen molar-refractivity contribution in [2.24, 2.45) is 0 Å². The van der Waals surface area contributed by atoms with Crippen LogP contribution >= 0.6 is 0 Å². The summed E-state index contributed by atoms with van der Waals surface area (Å²) in [5, 5.41) is 6.03. The van der Waals surface area contributed by atoms with Gasteiger partial charge in [0.25, 0.3) is 5.91 Å². The number of nitrogens with one attached hydrogen (secondary N) is 2. The lowest BCUT2D eigenvalue weighted by atomic mass is 10.2. The summed E-state index contributed by atoms with van der Waals surface area (Å²) in [6.07, 6.45) is 1.77. The first-order valence-electron chi connectivity index (χ1n) is 6.31. The van der Waals surface area contributed by atoms with Gasteiger partial charge in [-0.3, -0.25) is 9.78 Å². The van der Waals surface area contributed by atoms with Gasteiger partial charge in [0.1, 0.15) is 0 Å². The Kier molecular flexibility index (Phi) is 4.50. The van der Waals surface area contributed by atoms with Crippen molar-refractivity contribution < 1.29 is 4.79 Å². The van der Waals surface area contributed by atoms with Crippen LogP contribution < -0.4 is 10.6 Å². The van der Waals surface area contributed by atoms with E-state index < -0.39 is 0 Å². The van der Waals surface area contributed by atoms with Crippen LogP contribution in [0.15, 0.2) is 48.7 Å². The van der Waals surface area contributed by atoms with Crippen molar-refractivity contribution in [1.29, 1.82) is 0 Å². The minimum Gasteiger partial charge on any atom is -0.379 e. The summed E-state index contributed by atoms with van der Waals surface area (Å²) in [7, 11) is 0. The molecule has 1 amide bonds. The van der Waals surface area contributed by atoms with Gasteiger partial charge in [-0.1, -0.05) is 6.07 Å². The highest BCUT2D eigenvalue weighted by molar-refractivity contribution is 5.94. The molecule has 98 valence electrons. The molecule has 0 saturated heterocycles. The Morgan fingerprint density at radius 3 is 2.58 bits per heavy atom. The number of hydrogen-bond acceptors (Lipinski definition) is 3. The van der Waals surface area contributed by atoms with Gasteiger partial charge < -0.3 is 10.6 Å². The van der Waals surface area contributed by atoms with Crippen molar-refractivity contribution in [1.82, 2.24) is 10.3 Å². The van der Waals surface area contributed by atoms with Gasteiger partial charge in [0.05, 0.1) is 12.2 Å². The molecule has 4 heteroatoms. The fourth-order valence-electron chi connectivity index (χ4n) is 1.70. The number of amides is 1. The van der Waals surface area contributed by atoms with Crippen LogP contribution in [0.4, 0.5) is 5.69 Å². The maximum absolute atomic E-state index is 11.6. The normalized spacial score (nSPS) is 9.95. The fraction of sp³-hybridized carbons (Fsp3) is 0.200. The largest absolute Gasteiger partial charge is 0.379 e. The van der Waals surface area contributed by atoms with Crippen LogP contribution in [0.2, 0.25) is 0 Å². The molecule has 0 saturated carbocycles. The quantitative estimate of drug-likeness (QED) is 0.862. The predicted molar refractivity (Wildman–Crippen MR) is 76.0 cm³/mol. The second-order valence-corrected chi connectivity index (χ2v) is 4.11. The van der Waals surface area contributed by atoms with Gasteiger partial charge in [-0.05, 0) is 43.3 Å². The third-order valence-corrected chi connectivity index (χ3v) is 2.68. The van der Waals surface area contributed by atoms with Crippen LogP contribution in [0.3, 0.4) is 0 Å². The lowest BCUT2D eigenvalue weighted by Crippen LogP contribution is -2.22. The lowest BCUT2D eigenvalue weighted by molar-refractivity contribution is 0.0956. The van der Waals surface area contributed by atoms with Gasteiger partial charge in [-0.15, -0.1) is 0 Å². The Balaban J connectivity index is 1.94. The molecular weight excluding hydrogens is 238 g/mol. The number of carbonyl (C=O) groups excluding carboxylic acids is 1. The smallest absolute Gasteiger partial charge is 0.251 e. The van der Waals surface area contributed by atoms with Gasteiger partial charge in [0, 0.05) is 24.0 Å². The molecular formula is C15H17N3O. The summed E-state index contributed by atoms with van der Waals surface area (Å²) in [6.45, 7) is 3.21. The zero-order valence-corrected chi connectivity index (χ0v) is 10.9. The molecule has 2 rings (SSSR count). The first-order chi connectivity index (χ1) is 9.29. The van der Waals surface area contributed by atoms with Gasteiger partial charge in [-0.2, -0.15) is 0 Å². The Morgan fingerprint density at radius 2 is 1.95 bits per heavy atom. The van der Waals surface area contributed by atoms with Crippen molar-refractivity contribution >= 4 is 11.6 Å². The highest BCUT2D eigenvalue weighted by Crippen LogP contribution is 2.10. The first kappa shape index (κ1) is 13.1. The van der Waals surface area contributed by atoms with E-state index in [4.69, 9.17) is 0 Å². The topological polar surface area (TPSA) is 54.0 Å². The lowest BCUT2D eigenvalue weighted by Gasteiger charge is -2.07. The van der Waals surface area contributed by atoms with E-state index in [-0.39, 0.29) is 5.91 Å². The molecule has 2 aromatic rings. The molecule has 0 fully saturated rings. The average molecular weight is 255 g/mol. The Bertz CT molecular complexity index is 523. The van der Waals surface area contributed by atoms with Crippen molar-refractivity contribution in [3.05, 3.63) is 59.9 Å². The maximum atomic E-state index is 11.6. The number of carbonyl (C=O) groups is 1. The van der Waals surface area contributed by atoms with E-state index >= 15 is 0 Å². The van der Waals surface area contributed by atoms with Gasteiger partial charge >= 0.3 is 0 Å². The molecule has 0 unspecified atom stereocenters. The first-order valence-corrected chi connectivity index (χ1v) is 6.31. The number of hydrogen-bond donors (Lipinski definition) is 2. The van der Waals surface area contributed by atoms with Crippen molar-refractivity contribution in [2.45, 2.75) is 13.5 Å². The van der Waals surface area contributed by atoms with Crippen LogP contribution in [-0.2, 0) is 6.54 Å². The number of anilines is 1. The number of aromatic nitrogens is 1. The molecule has 0 atom stereocenters. The van der Waals surface area contributed by atoms with E-state index in [1.165, 1.54) is 0 Å². The van der Waals surface area contributed by atoms with Crippen molar-refractivity contribution in [3.8, 4) is 0 Å². The van der Waals surface area contributed by atoms with E-state index in [9.17, 15) is 4.79 Å². The third-order valence-electron chi connectivity index (χ3n) is 2.68. The molecule has 1 aromatic heterocycles. The molecule has 0 bridgehead atoms. The third kappa shape index (κ3) is 3.81. The second kappa shape index (κ2) is 6.54. The average Bonchev–Trinajstić information content (AvgIpc) is 2.47. The molecule has 0 radical (unpaired) electrons. The van der Waals surface area contributed by atoms with Gasteiger partial charge in [0.15, 0.2) is 0 Å². The summed E-state index contributed by atoms with van der Waals surface area (Å²) < 4.78 is 0. The summed E-state index contributed by atoms with van der Waals surface area (Å²) in [6, 6.07) is 13.2. The standard InChI is InChI=1S/C15H17N3O/c1-2-16-15(19)12-6-8-13(9-7-12)18-11-14-5-3-4-10-17-14/h3-10,18H,2,11H2,1H3,(H,16,19). The molecule has 2 N–H and O–H groups in total. The molecule has 1 heterocycles. The number of rotatable bonds is 5. The fourth-order valence-corrected chi connectivity index (χ4v) is 1.70. The molecule has 1 aromatic carbocycles. The SMILES string of the molecule is CCNC(=O)c1ccc(NCc2ccccn2)cc1. The predicted octanol–water partition coefficient (Wildman–Crippen LogP) is 2.44. The van der Waals surface area contributed by atoms with Gasteiger partial charge in [0.2, 0.25) is 0 Å². The zero-order valence-electron chi connectivity index (χ0n) is 10.9. The second-order valence-electron chi connectivity index (χ2n) is 4.11. The molecule has 0 aliphatic carbocycles. The summed E-state index contributed by atoms with van der Waals surface area (Å²) in [4.78, 5) is 15.8. The van der Waals surface area contributed by atoms with Crippen molar-refractivity contribution in [3.63, 3.8) is 0 Å². The Labute approximate surface area is 112 Å². The van der Waals surface area contributed by atoms with E-state index in [1.54, 1.807) is 6.20 Å². The highest BCUT2D eigenvalue weighted by Gasteiger charge is 2.03. The summed E-state index contributed by atoms with van der Waals surface area (Å²) >= 11 is 0. The molecule has 0 aliphatic heterocycles.